The Morgan fingerprint density at radius 2 is 2.21 bits per heavy atom. The molecule has 0 spiro atoms. The maximum atomic E-state index is 5.61. The highest BCUT2D eigenvalue weighted by molar-refractivity contribution is 9.10. The fraction of sp³-hybridized carbons (Fsp3) is 0.600. The van der Waals surface area contributed by atoms with Crippen LogP contribution in [0.4, 0.5) is 5.69 Å². The van der Waals surface area contributed by atoms with Crippen molar-refractivity contribution >= 4 is 21.6 Å². The zero-order valence-corrected chi connectivity index (χ0v) is 13.5. The first kappa shape index (κ1) is 14.8. The first-order valence-corrected chi connectivity index (χ1v) is 7.81. The van der Waals surface area contributed by atoms with Crippen LogP contribution in [0.15, 0.2) is 22.7 Å². The van der Waals surface area contributed by atoms with Gasteiger partial charge >= 0.3 is 0 Å². The van der Waals surface area contributed by atoms with Gasteiger partial charge in [0.05, 0.1) is 5.69 Å². The molecule has 1 aromatic rings. The highest BCUT2D eigenvalue weighted by Crippen LogP contribution is 2.30. The fourth-order valence-corrected chi connectivity index (χ4v) is 3.40. The maximum absolute atomic E-state index is 5.61. The standard InChI is InChI=1S/C15H24BrN3/c1-18(2)13-4-3-9-19(11-13)15-6-5-12(7-8-17)10-14(15)16/h5-6,10,13H,3-4,7-9,11,17H2,1-2H3. The summed E-state index contributed by atoms with van der Waals surface area (Å²) in [5, 5.41) is 0. The monoisotopic (exact) mass is 325 g/mol. The third-order valence-electron chi connectivity index (χ3n) is 3.91. The second-order valence-corrected chi connectivity index (χ2v) is 6.38. The highest BCUT2D eigenvalue weighted by Gasteiger charge is 2.22. The minimum Gasteiger partial charge on any atom is -0.369 e. The van der Waals surface area contributed by atoms with E-state index in [1.165, 1.54) is 28.6 Å². The van der Waals surface area contributed by atoms with Gasteiger partial charge in [-0.3, -0.25) is 0 Å². The smallest absolute Gasteiger partial charge is 0.0511 e. The average molecular weight is 326 g/mol. The normalized spacial score (nSPS) is 20.1. The molecule has 1 atom stereocenters. The summed E-state index contributed by atoms with van der Waals surface area (Å²) in [5.41, 5.74) is 8.23. The number of hydrogen-bond donors (Lipinski definition) is 1. The SMILES string of the molecule is CN(C)C1CCCN(c2ccc(CCN)cc2Br)C1. The van der Waals surface area contributed by atoms with Crippen molar-refractivity contribution in [2.24, 2.45) is 5.73 Å². The van der Waals surface area contributed by atoms with Crippen LogP contribution in [0.25, 0.3) is 0 Å². The molecule has 0 aliphatic carbocycles. The van der Waals surface area contributed by atoms with E-state index in [4.69, 9.17) is 5.73 Å². The van der Waals surface area contributed by atoms with E-state index in [9.17, 15) is 0 Å². The Labute approximate surface area is 124 Å². The highest BCUT2D eigenvalue weighted by atomic mass is 79.9. The number of hydrogen-bond acceptors (Lipinski definition) is 3. The molecule has 0 radical (unpaired) electrons. The van der Waals surface area contributed by atoms with Crippen molar-refractivity contribution in [1.82, 2.24) is 4.90 Å². The zero-order valence-electron chi connectivity index (χ0n) is 11.9. The van der Waals surface area contributed by atoms with E-state index < -0.39 is 0 Å². The molecule has 2 N–H and O–H groups in total. The number of piperidine rings is 1. The van der Waals surface area contributed by atoms with Gasteiger partial charge in [0.2, 0.25) is 0 Å². The molecular formula is C15H24BrN3. The van der Waals surface area contributed by atoms with Crippen LogP contribution in [0.3, 0.4) is 0 Å². The van der Waals surface area contributed by atoms with Gasteiger partial charge in [0, 0.05) is 23.6 Å². The van der Waals surface area contributed by atoms with E-state index in [2.05, 4.69) is 58.0 Å². The number of likely N-dealkylation sites (N-methyl/N-ethyl adjacent to an activating group) is 1. The Balaban J connectivity index is 2.12. The minimum atomic E-state index is 0.657. The molecule has 0 aromatic heterocycles. The first-order chi connectivity index (χ1) is 9.11. The molecular weight excluding hydrogens is 302 g/mol. The van der Waals surface area contributed by atoms with Crippen LogP contribution in [0, 0.1) is 0 Å². The Kier molecular flexibility index (Phi) is 5.25. The molecule has 0 amide bonds. The van der Waals surface area contributed by atoms with Crippen molar-refractivity contribution in [3.63, 3.8) is 0 Å². The minimum absolute atomic E-state index is 0.657. The van der Waals surface area contributed by atoms with Gasteiger partial charge in [-0.15, -0.1) is 0 Å². The summed E-state index contributed by atoms with van der Waals surface area (Å²) in [6.07, 6.45) is 3.51. The molecule has 2 rings (SSSR count). The second-order valence-electron chi connectivity index (χ2n) is 5.53. The van der Waals surface area contributed by atoms with Gasteiger partial charge in [-0.2, -0.15) is 0 Å². The lowest BCUT2D eigenvalue weighted by Gasteiger charge is -2.38. The Hall–Kier alpha value is -0.580. The van der Waals surface area contributed by atoms with E-state index in [0.29, 0.717) is 12.6 Å². The molecule has 1 aromatic carbocycles. The lowest BCUT2D eigenvalue weighted by molar-refractivity contribution is 0.258. The quantitative estimate of drug-likeness (QED) is 0.923. The van der Waals surface area contributed by atoms with Gasteiger partial charge in [0.1, 0.15) is 0 Å². The molecule has 4 heteroatoms. The van der Waals surface area contributed by atoms with Crippen LogP contribution in [0.2, 0.25) is 0 Å². The third-order valence-corrected chi connectivity index (χ3v) is 4.55. The first-order valence-electron chi connectivity index (χ1n) is 7.01. The molecule has 1 fully saturated rings. The summed E-state index contributed by atoms with van der Waals surface area (Å²) in [5.74, 6) is 0. The van der Waals surface area contributed by atoms with Crippen molar-refractivity contribution in [3.8, 4) is 0 Å². The predicted molar refractivity (Wildman–Crippen MR) is 85.8 cm³/mol. The Morgan fingerprint density at radius 3 is 2.84 bits per heavy atom. The molecule has 1 aliphatic rings. The van der Waals surface area contributed by atoms with Gasteiger partial charge in [0.25, 0.3) is 0 Å². The van der Waals surface area contributed by atoms with Gasteiger partial charge in [0.15, 0.2) is 0 Å². The number of rotatable bonds is 4. The van der Waals surface area contributed by atoms with Gasteiger partial charge < -0.3 is 15.5 Å². The summed E-state index contributed by atoms with van der Waals surface area (Å²) in [4.78, 5) is 4.83. The number of benzene rings is 1. The van der Waals surface area contributed by atoms with Crippen LogP contribution in [-0.4, -0.2) is 44.7 Å². The molecule has 106 valence electrons. The molecule has 0 saturated carbocycles. The van der Waals surface area contributed by atoms with E-state index in [1.807, 2.05) is 0 Å². The van der Waals surface area contributed by atoms with Gasteiger partial charge in [-0.1, -0.05) is 6.07 Å². The molecule has 0 bridgehead atoms. The number of anilines is 1. The summed E-state index contributed by atoms with van der Waals surface area (Å²) < 4.78 is 1.19. The fourth-order valence-electron chi connectivity index (χ4n) is 2.72. The topological polar surface area (TPSA) is 32.5 Å². The second kappa shape index (κ2) is 6.73. The van der Waals surface area contributed by atoms with E-state index in [1.54, 1.807) is 0 Å². The zero-order chi connectivity index (χ0) is 13.8. The van der Waals surface area contributed by atoms with Gasteiger partial charge in [-0.05, 0) is 73.5 Å². The van der Waals surface area contributed by atoms with Crippen LogP contribution in [-0.2, 0) is 6.42 Å². The van der Waals surface area contributed by atoms with Crippen LogP contribution < -0.4 is 10.6 Å². The van der Waals surface area contributed by atoms with Gasteiger partial charge in [-0.25, -0.2) is 0 Å². The van der Waals surface area contributed by atoms with Crippen molar-refractivity contribution < 1.29 is 0 Å². The van der Waals surface area contributed by atoms with Crippen molar-refractivity contribution in [1.29, 1.82) is 0 Å². The molecule has 1 aliphatic heterocycles. The molecule has 1 heterocycles. The Morgan fingerprint density at radius 1 is 1.42 bits per heavy atom. The summed E-state index contributed by atoms with van der Waals surface area (Å²) in [6, 6.07) is 7.30. The van der Waals surface area contributed by atoms with Crippen molar-refractivity contribution in [3.05, 3.63) is 28.2 Å². The molecule has 19 heavy (non-hydrogen) atoms. The molecule has 1 saturated heterocycles. The summed E-state index contributed by atoms with van der Waals surface area (Å²) in [7, 11) is 4.35. The van der Waals surface area contributed by atoms with E-state index >= 15 is 0 Å². The van der Waals surface area contributed by atoms with Crippen molar-refractivity contribution in [2.75, 3.05) is 38.6 Å². The summed E-state index contributed by atoms with van der Waals surface area (Å²) >= 11 is 3.71. The van der Waals surface area contributed by atoms with E-state index in [0.717, 1.165) is 19.5 Å². The lowest BCUT2D eigenvalue weighted by Crippen LogP contribution is -2.45. The van der Waals surface area contributed by atoms with Crippen molar-refractivity contribution in [2.45, 2.75) is 25.3 Å². The Bertz CT molecular complexity index is 420. The van der Waals surface area contributed by atoms with E-state index in [-0.39, 0.29) is 0 Å². The molecule has 1 unspecified atom stereocenters. The number of halogens is 1. The number of nitrogens with zero attached hydrogens (tertiary/aromatic N) is 2. The number of nitrogens with two attached hydrogens (primary N) is 1. The maximum Gasteiger partial charge on any atom is 0.0511 e. The molecule has 3 nitrogen and oxygen atoms in total. The summed E-state index contributed by atoms with van der Waals surface area (Å²) in [6.45, 7) is 2.97. The third kappa shape index (κ3) is 3.71. The predicted octanol–water partition coefficient (Wildman–Crippen LogP) is 2.48. The average Bonchev–Trinajstić information content (AvgIpc) is 2.39. The lowest BCUT2D eigenvalue weighted by atomic mass is 10.0. The van der Waals surface area contributed by atoms with Crippen LogP contribution in [0.1, 0.15) is 18.4 Å². The largest absolute Gasteiger partial charge is 0.369 e. The van der Waals surface area contributed by atoms with Crippen LogP contribution in [0.5, 0.6) is 0 Å². The van der Waals surface area contributed by atoms with Crippen LogP contribution >= 0.6 is 15.9 Å².